The smallest absolute Gasteiger partial charge is 0.314 e. The van der Waals surface area contributed by atoms with Crippen molar-refractivity contribution in [2.24, 2.45) is 5.92 Å². The number of carbonyl (C=O) groups excluding carboxylic acids is 1. The second-order valence-corrected chi connectivity index (χ2v) is 4.57. The number of esters is 1. The lowest BCUT2D eigenvalue weighted by molar-refractivity contribution is -0.139. The molecule has 0 amide bonds. The largest absolute Gasteiger partial charge is 0.426 e. The summed E-state index contributed by atoms with van der Waals surface area (Å²) in [5.41, 5.74) is 1.18. The van der Waals surface area contributed by atoms with Crippen molar-refractivity contribution in [1.82, 2.24) is 0 Å². The lowest BCUT2D eigenvalue weighted by Crippen LogP contribution is -2.22. The molecule has 1 aliphatic carbocycles. The number of ether oxygens (including phenoxy) is 1. The fourth-order valence-electron chi connectivity index (χ4n) is 2.14. The third kappa shape index (κ3) is 2.84. The highest BCUT2D eigenvalue weighted by atomic mass is 16.5. The monoisotopic (exact) mass is 218 g/mol. The van der Waals surface area contributed by atoms with Gasteiger partial charge in [-0.25, -0.2) is 0 Å². The quantitative estimate of drug-likeness (QED) is 0.561. The molecule has 1 saturated carbocycles. The fraction of sp³-hybridized carbons (Fsp3) is 0.500. The van der Waals surface area contributed by atoms with Crippen molar-refractivity contribution in [1.29, 1.82) is 0 Å². The second kappa shape index (κ2) is 5.15. The zero-order valence-corrected chi connectivity index (χ0v) is 9.74. The van der Waals surface area contributed by atoms with Crippen LogP contribution < -0.4 is 4.74 Å². The van der Waals surface area contributed by atoms with Gasteiger partial charge in [-0.05, 0) is 31.9 Å². The average molecular weight is 218 g/mol. The normalized spacial score (nSPS) is 17.1. The minimum Gasteiger partial charge on any atom is -0.426 e. The number of rotatable bonds is 2. The van der Waals surface area contributed by atoms with Crippen molar-refractivity contribution < 1.29 is 9.53 Å². The molecule has 1 aromatic rings. The second-order valence-electron chi connectivity index (χ2n) is 4.57. The number of benzene rings is 1. The highest BCUT2D eigenvalue weighted by Crippen LogP contribution is 2.25. The first kappa shape index (κ1) is 11.2. The fourth-order valence-corrected chi connectivity index (χ4v) is 2.14. The van der Waals surface area contributed by atoms with E-state index in [2.05, 4.69) is 0 Å². The van der Waals surface area contributed by atoms with E-state index >= 15 is 0 Å². The van der Waals surface area contributed by atoms with Gasteiger partial charge in [0.1, 0.15) is 5.75 Å². The van der Waals surface area contributed by atoms with E-state index in [1.165, 1.54) is 12.0 Å². The van der Waals surface area contributed by atoms with E-state index in [1.54, 1.807) is 0 Å². The Labute approximate surface area is 96.6 Å². The van der Waals surface area contributed by atoms with Crippen molar-refractivity contribution in [2.45, 2.75) is 39.0 Å². The van der Waals surface area contributed by atoms with Gasteiger partial charge in [-0.3, -0.25) is 4.79 Å². The van der Waals surface area contributed by atoms with Gasteiger partial charge >= 0.3 is 5.97 Å². The first-order valence-corrected chi connectivity index (χ1v) is 6.04. The average Bonchev–Trinajstić information content (AvgIpc) is 2.33. The molecule has 0 saturated heterocycles. The van der Waals surface area contributed by atoms with Gasteiger partial charge < -0.3 is 4.74 Å². The van der Waals surface area contributed by atoms with Crippen molar-refractivity contribution in [3.63, 3.8) is 0 Å². The Kier molecular flexibility index (Phi) is 3.60. The van der Waals surface area contributed by atoms with Gasteiger partial charge in [0.15, 0.2) is 0 Å². The summed E-state index contributed by atoms with van der Waals surface area (Å²) in [7, 11) is 0. The number of carbonyl (C=O) groups is 1. The third-order valence-corrected chi connectivity index (χ3v) is 3.18. The van der Waals surface area contributed by atoms with Gasteiger partial charge in [-0.2, -0.15) is 0 Å². The van der Waals surface area contributed by atoms with E-state index in [9.17, 15) is 4.79 Å². The number of hydrogen-bond donors (Lipinski definition) is 0. The Morgan fingerprint density at radius 1 is 1.12 bits per heavy atom. The molecule has 2 heteroatoms. The molecule has 1 fully saturated rings. The lowest BCUT2D eigenvalue weighted by Gasteiger charge is -2.19. The van der Waals surface area contributed by atoms with Crippen LogP contribution >= 0.6 is 0 Å². The van der Waals surface area contributed by atoms with Crippen LogP contribution in [0, 0.1) is 12.8 Å². The molecule has 2 nitrogen and oxygen atoms in total. The van der Waals surface area contributed by atoms with E-state index < -0.39 is 0 Å². The SMILES string of the molecule is Cc1ccc(OC(=O)C2CCCCC2)cc1. The summed E-state index contributed by atoms with van der Waals surface area (Å²) in [6, 6.07) is 7.64. The van der Waals surface area contributed by atoms with Crippen LogP contribution in [0.15, 0.2) is 24.3 Å². The molecule has 0 aliphatic heterocycles. The van der Waals surface area contributed by atoms with Crippen LogP contribution in [-0.2, 0) is 4.79 Å². The maximum absolute atomic E-state index is 11.8. The van der Waals surface area contributed by atoms with Gasteiger partial charge in [0.2, 0.25) is 0 Å². The summed E-state index contributed by atoms with van der Waals surface area (Å²) in [5, 5.41) is 0. The molecule has 0 atom stereocenters. The van der Waals surface area contributed by atoms with Gasteiger partial charge in [0, 0.05) is 0 Å². The van der Waals surface area contributed by atoms with Gasteiger partial charge in [0.05, 0.1) is 5.92 Å². The summed E-state index contributed by atoms with van der Waals surface area (Å²) in [6.07, 6.45) is 5.56. The summed E-state index contributed by atoms with van der Waals surface area (Å²) in [5.74, 6) is 0.736. The topological polar surface area (TPSA) is 26.3 Å². The molecule has 2 rings (SSSR count). The maximum Gasteiger partial charge on any atom is 0.314 e. The Balaban J connectivity index is 1.93. The van der Waals surface area contributed by atoms with Crippen LogP contribution in [-0.4, -0.2) is 5.97 Å². The zero-order valence-electron chi connectivity index (χ0n) is 9.74. The van der Waals surface area contributed by atoms with Gasteiger partial charge in [-0.15, -0.1) is 0 Å². The molecular weight excluding hydrogens is 200 g/mol. The predicted molar refractivity (Wildman–Crippen MR) is 63.4 cm³/mol. The van der Waals surface area contributed by atoms with Crippen LogP contribution in [0.3, 0.4) is 0 Å². The van der Waals surface area contributed by atoms with E-state index in [1.807, 2.05) is 31.2 Å². The van der Waals surface area contributed by atoms with Crippen molar-refractivity contribution in [2.75, 3.05) is 0 Å². The molecule has 86 valence electrons. The molecule has 0 bridgehead atoms. The number of aryl methyl sites for hydroxylation is 1. The predicted octanol–water partition coefficient (Wildman–Crippen LogP) is 3.48. The van der Waals surface area contributed by atoms with E-state index in [0.717, 1.165) is 25.7 Å². The summed E-state index contributed by atoms with van der Waals surface area (Å²) in [4.78, 5) is 11.8. The van der Waals surface area contributed by atoms with Crippen molar-refractivity contribution >= 4 is 5.97 Å². The van der Waals surface area contributed by atoms with E-state index in [4.69, 9.17) is 4.74 Å². The Morgan fingerprint density at radius 3 is 2.38 bits per heavy atom. The zero-order chi connectivity index (χ0) is 11.4. The molecule has 0 N–H and O–H groups in total. The molecular formula is C14H18O2. The third-order valence-electron chi connectivity index (χ3n) is 3.18. The first-order valence-electron chi connectivity index (χ1n) is 6.04. The Hall–Kier alpha value is -1.31. The van der Waals surface area contributed by atoms with Crippen LogP contribution in [0.4, 0.5) is 0 Å². The molecule has 0 spiro atoms. The first-order chi connectivity index (χ1) is 7.75. The minimum absolute atomic E-state index is 0.0523. The van der Waals surface area contributed by atoms with Crippen LogP contribution in [0.25, 0.3) is 0 Å². The minimum atomic E-state index is -0.0523. The molecule has 16 heavy (non-hydrogen) atoms. The number of hydrogen-bond acceptors (Lipinski definition) is 2. The molecule has 0 heterocycles. The van der Waals surface area contributed by atoms with Crippen molar-refractivity contribution in [3.05, 3.63) is 29.8 Å². The van der Waals surface area contributed by atoms with Crippen LogP contribution in [0.1, 0.15) is 37.7 Å². The molecule has 0 aromatic heterocycles. The Morgan fingerprint density at radius 2 is 1.75 bits per heavy atom. The lowest BCUT2D eigenvalue weighted by atomic mass is 9.89. The summed E-state index contributed by atoms with van der Waals surface area (Å²) in [6.45, 7) is 2.02. The van der Waals surface area contributed by atoms with Gasteiger partial charge in [-0.1, -0.05) is 37.0 Å². The highest BCUT2D eigenvalue weighted by Gasteiger charge is 2.22. The van der Waals surface area contributed by atoms with Crippen molar-refractivity contribution in [3.8, 4) is 5.75 Å². The maximum atomic E-state index is 11.8. The summed E-state index contributed by atoms with van der Waals surface area (Å²) < 4.78 is 5.37. The van der Waals surface area contributed by atoms with Gasteiger partial charge in [0.25, 0.3) is 0 Å². The summed E-state index contributed by atoms with van der Waals surface area (Å²) >= 11 is 0. The molecule has 1 aromatic carbocycles. The van der Waals surface area contributed by atoms with Crippen LogP contribution in [0.5, 0.6) is 5.75 Å². The molecule has 0 radical (unpaired) electrons. The molecule has 0 unspecified atom stereocenters. The Bertz CT molecular complexity index is 348. The highest BCUT2D eigenvalue weighted by molar-refractivity contribution is 5.75. The van der Waals surface area contributed by atoms with Crippen LogP contribution in [0.2, 0.25) is 0 Å². The standard InChI is InChI=1S/C14H18O2/c1-11-7-9-13(10-8-11)16-14(15)12-5-3-2-4-6-12/h7-10,12H,2-6H2,1H3. The van der Waals surface area contributed by atoms with E-state index in [-0.39, 0.29) is 11.9 Å². The van der Waals surface area contributed by atoms with E-state index in [0.29, 0.717) is 5.75 Å². The molecule has 1 aliphatic rings.